The summed E-state index contributed by atoms with van der Waals surface area (Å²) in [7, 11) is -3.28. The minimum atomic E-state index is -3.28. The molecule has 2 fully saturated rings. The van der Waals surface area contributed by atoms with Gasteiger partial charge in [0.1, 0.15) is 0 Å². The highest BCUT2D eigenvalue weighted by Gasteiger charge is 2.44. The van der Waals surface area contributed by atoms with Crippen molar-refractivity contribution in [1.82, 2.24) is 4.31 Å². The van der Waals surface area contributed by atoms with Crippen molar-refractivity contribution >= 4 is 16.0 Å². The fourth-order valence-corrected chi connectivity index (χ4v) is 5.26. The van der Waals surface area contributed by atoms with Crippen LogP contribution in [0.5, 0.6) is 0 Å². The molecule has 2 unspecified atom stereocenters. The second-order valence-electron chi connectivity index (χ2n) is 5.04. The molecule has 5 nitrogen and oxygen atoms in total. The normalized spacial score (nSPS) is 32.1. The first kappa shape index (κ1) is 12.8. The predicted octanol–water partition coefficient (Wildman–Crippen LogP) is 1.05. The van der Waals surface area contributed by atoms with Crippen LogP contribution in [0.1, 0.15) is 39.0 Å². The van der Waals surface area contributed by atoms with Crippen molar-refractivity contribution < 1.29 is 18.3 Å². The molecule has 2 atom stereocenters. The van der Waals surface area contributed by atoms with Gasteiger partial charge in [-0.2, -0.15) is 4.31 Å². The average Bonchev–Trinajstić information content (AvgIpc) is 2.84. The first-order valence-corrected chi connectivity index (χ1v) is 7.68. The molecule has 1 heterocycles. The molecule has 1 aliphatic heterocycles. The van der Waals surface area contributed by atoms with E-state index in [1.807, 2.05) is 0 Å². The van der Waals surface area contributed by atoms with E-state index >= 15 is 0 Å². The summed E-state index contributed by atoms with van der Waals surface area (Å²) in [6, 6.07) is -0.405. The summed E-state index contributed by atoms with van der Waals surface area (Å²) in [5.41, 5.74) is 0. The Balaban J connectivity index is 2.15. The fourth-order valence-electron chi connectivity index (χ4n) is 2.98. The number of hydrogen-bond acceptors (Lipinski definition) is 3. The van der Waals surface area contributed by atoms with E-state index in [1.54, 1.807) is 6.92 Å². The molecule has 98 valence electrons. The number of nitrogens with zero attached hydrogens (tertiary/aromatic N) is 1. The number of hydrogen-bond donors (Lipinski definition) is 1. The summed E-state index contributed by atoms with van der Waals surface area (Å²) in [6.45, 7) is 2.06. The van der Waals surface area contributed by atoms with Crippen molar-refractivity contribution in [3.05, 3.63) is 0 Å². The molecular formula is C11H19NO4S. The van der Waals surface area contributed by atoms with Gasteiger partial charge in [-0.25, -0.2) is 8.42 Å². The molecule has 1 N–H and O–H groups in total. The maximum Gasteiger partial charge on any atom is 0.308 e. The van der Waals surface area contributed by atoms with Crippen molar-refractivity contribution in [3.63, 3.8) is 0 Å². The number of rotatable bonds is 3. The molecule has 0 amide bonds. The van der Waals surface area contributed by atoms with Gasteiger partial charge in [-0.15, -0.1) is 0 Å². The highest BCUT2D eigenvalue weighted by atomic mass is 32.2. The van der Waals surface area contributed by atoms with E-state index in [0.717, 1.165) is 25.7 Å². The van der Waals surface area contributed by atoms with E-state index in [2.05, 4.69) is 0 Å². The van der Waals surface area contributed by atoms with E-state index in [1.165, 1.54) is 4.31 Å². The molecule has 1 aliphatic carbocycles. The Morgan fingerprint density at radius 2 is 1.82 bits per heavy atom. The summed E-state index contributed by atoms with van der Waals surface area (Å²) in [4.78, 5) is 11.0. The third-order valence-corrected chi connectivity index (χ3v) is 6.55. The van der Waals surface area contributed by atoms with Crippen LogP contribution in [0.3, 0.4) is 0 Å². The van der Waals surface area contributed by atoms with Gasteiger partial charge < -0.3 is 5.11 Å². The molecule has 17 heavy (non-hydrogen) atoms. The molecule has 0 spiro atoms. The molecule has 0 radical (unpaired) electrons. The quantitative estimate of drug-likeness (QED) is 0.824. The van der Waals surface area contributed by atoms with Crippen molar-refractivity contribution in [2.75, 3.05) is 6.54 Å². The number of sulfonamides is 1. The summed E-state index contributed by atoms with van der Waals surface area (Å²) in [5, 5.41) is 8.73. The molecule has 0 aromatic carbocycles. The molecule has 0 bridgehead atoms. The van der Waals surface area contributed by atoms with Crippen LogP contribution in [0, 0.1) is 5.92 Å². The van der Waals surface area contributed by atoms with Crippen molar-refractivity contribution in [2.45, 2.75) is 50.3 Å². The second-order valence-corrected chi connectivity index (χ2v) is 7.20. The molecule has 0 aromatic heterocycles. The Bertz CT molecular complexity index is 400. The van der Waals surface area contributed by atoms with Crippen LogP contribution in [0.2, 0.25) is 0 Å². The van der Waals surface area contributed by atoms with Gasteiger partial charge >= 0.3 is 5.97 Å². The van der Waals surface area contributed by atoms with E-state index in [9.17, 15) is 13.2 Å². The van der Waals surface area contributed by atoms with Gasteiger partial charge in [-0.05, 0) is 26.2 Å². The van der Waals surface area contributed by atoms with Crippen molar-refractivity contribution in [1.29, 1.82) is 0 Å². The monoisotopic (exact) mass is 261 g/mol. The zero-order valence-electron chi connectivity index (χ0n) is 10.0. The molecule has 1 saturated heterocycles. The topological polar surface area (TPSA) is 74.7 Å². The van der Waals surface area contributed by atoms with E-state index < -0.39 is 28.0 Å². The smallest absolute Gasteiger partial charge is 0.308 e. The van der Waals surface area contributed by atoms with Gasteiger partial charge in [-0.3, -0.25) is 4.79 Å². The number of carboxylic acids is 1. The van der Waals surface area contributed by atoms with Crippen LogP contribution in [0.25, 0.3) is 0 Å². The number of aliphatic carboxylic acids is 1. The molecule has 2 rings (SSSR count). The fraction of sp³-hybridized carbons (Fsp3) is 0.909. The van der Waals surface area contributed by atoms with Gasteiger partial charge in [-0.1, -0.05) is 12.8 Å². The molecule has 2 aliphatic rings. The van der Waals surface area contributed by atoms with Crippen LogP contribution in [0.4, 0.5) is 0 Å². The Morgan fingerprint density at radius 3 is 2.29 bits per heavy atom. The Morgan fingerprint density at radius 1 is 1.24 bits per heavy atom. The molecule has 1 saturated carbocycles. The predicted molar refractivity (Wildman–Crippen MR) is 63.1 cm³/mol. The summed E-state index contributed by atoms with van der Waals surface area (Å²) >= 11 is 0. The van der Waals surface area contributed by atoms with Crippen LogP contribution in [-0.2, 0) is 14.8 Å². The maximum atomic E-state index is 12.3. The first-order valence-electron chi connectivity index (χ1n) is 6.18. The standard InChI is InChI=1S/C11H19NO4S/c1-8-10(11(13)14)6-7-12(8)17(15,16)9-4-2-3-5-9/h8-10H,2-7H2,1H3,(H,13,14). The molecular weight excluding hydrogens is 242 g/mol. The lowest BCUT2D eigenvalue weighted by Crippen LogP contribution is -2.42. The van der Waals surface area contributed by atoms with Gasteiger partial charge in [0, 0.05) is 12.6 Å². The SMILES string of the molecule is CC1C(C(=O)O)CCN1S(=O)(=O)C1CCCC1. The highest BCUT2D eigenvalue weighted by molar-refractivity contribution is 7.89. The van der Waals surface area contributed by atoms with Crippen LogP contribution in [0.15, 0.2) is 0 Å². The molecule has 0 aromatic rings. The zero-order chi connectivity index (χ0) is 12.6. The van der Waals surface area contributed by atoms with Crippen molar-refractivity contribution in [2.24, 2.45) is 5.92 Å². The lowest BCUT2D eigenvalue weighted by molar-refractivity contribution is -0.142. The van der Waals surface area contributed by atoms with E-state index in [0.29, 0.717) is 13.0 Å². The van der Waals surface area contributed by atoms with E-state index in [4.69, 9.17) is 5.11 Å². The van der Waals surface area contributed by atoms with Gasteiger partial charge in [0.15, 0.2) is 0 Å². The summed E-state index contributed by atoms with van der Waals surface area (Å²) in [6.07, 6.45) is 3.82. The van der Waals surface area contributed by atoms with E-state index in [-0.39, 0.29) is 5.25 Å². The zero-order valence-corrected chi connectivity index (χ0v) is 10.8. The third-order valence-electron chi connectivity index (χ3n) is 4.06. The Hall–Kier alpha value is -0.620. The molecule has 6 heteroatoms. The van der Waals surface area contributed by atoms with Crippen LogP contribution >= 0.6 is 0 Å². The Kier molecular flexibility index (Phi) is 3.45. The summed E-state index contributed by atoms with van der Waals surface area (Å²) < 4.78 is 26.1. The van der Waals surface area contributed by atoms with Crippen molar-refractivity contribution in [3.8, 4) is 0 Å². The third kappa shape index (κ3) is 2.20. The number of carbonyl (C=O) groups is 1. The first-order chi connectivity index (χ1) is 7.94. The lowest BCUT2D eigenvalue weighted by Gasteiger charge is -2.25. The summed E-state index contributed by atoms with van der Waals surface area (Å²) in [5.74, 6) is -1.44. The lowest BCUT2D eigenvalue weighted by atomic mass is 10.0. The van der Waals surface area contributed by atoms with Gasteiger partial charge in [0.2, 0.25) is 10.0 Å². The van der Waals surface area contributed by atoms with Crippen LogP contribution < -0.4 is 0 Å². The van der Waals surface area contributed by atoms with Gasteiger partial charge in [0.05, 0.1) is 11.2 Å². The maximum absolute atomic E-state index is 12.3. The second kappa shape index (κ2) is 4.57. The highest BCUT2D eigenvalue weighted by Crippen LogP contribution is 2.33. The largest absolute Gasteiger partial charge is 0.481 e. The minimum Gasteiger partial charge on any atom is -0.481 e. The average molecular weight is 261 g/mol. The van der Waals surface area contributed by atoms with Gasteiger partial charge in [0.25, 0.3) is 0 Å². The minimum absolute atomic E-state index is 0.280. The Labute approximate surface area is 102 Å². The number of carboxylic acid groups (broad SMARTS) is 1. The van der Waals surface area contributed by atoms with Crippen LogP contribution in [-0.4, -0.2) is 41.6 Å².